The molecule has 1 saturated heterocycles. The second-order valence-electron chi connectivity index (χ2n) is 6.17. The number of nitrogens with zero attached hydrogens (tertiary/aromatic N) is 1. The summed E-state index contributed by atoms with van der Waals surface area (Å²) in [4.78, 5) is 16.7. The molecule has 2 N–H and O–H groups in total. The number of benzene rings is 1. The summed E-state index contributed by atoms with van der Waals surface area (Å²) in [5, 5.41) is 13.0. The molecule has 0 aliphatic carbocycles. The molecule has 0 bridgehead atoms. The fourth-order valence-corrected chi connectivity index (χ4v) is 3.06. The van der Waals surface area contributed by atoms with Crippen LogP contribution in [0.4, 0.5) is 0 Å². The molecule has 3 rings (SSSR count). The number of hydrogen-bond acceptors (Lipinski definition) is 6. The van der Waals surface area contributed by atoms with Gasteiger partial charge in [0.2, 0.25) is 5.75 Å². The third-order valence-corrected chi connectivity index (χ3v) is 4.50. The highest BCUT2D eigenvalue weighted by Gasteiger charge is 2.30. The molecule has 138 valence electrons. The first kappa shape index (κ1) is 18.0. The Hall–Kier alpha value is -2.80. The van der Waals surface area contributed by atoms with Crippen molar-refractivity contribution in [2.75, 3.05) is 27.4 Å². The minimum Gasteiger partial charge on any atom is -0.502 e. The van der Waals surface area contributed by atoms with Crippen LogP contribution < -0.4 is 14.8 Å². The van der Waals surface area contributed by atoms with Crippen LogP contribution in [0.2, 0.25) is 0 Å². The molecule has 7 nitrogen and oxygen atoms in total. The van der Waals surface area contributed by atoms with Crippen LogP contribution in [0, 0.1) is 5.92 Å². The maximum Gasteiger partial charge on any atom is 0.251 e. The highest BCUT2D eigenvalue weighted by Crippen LogP contribution is 2.37. The van der Waals surface area contributed by atoms with Crippen LogP contribution in [0.25, 0.3) is 0 Å². The summed E-state index contributed by atoms with van der Waals surface area (Å²) in [6.07, 6.45) is 4.32. The largest absolute Gasteiger partial charge is 0.502 e. The molecule has 0 saturated carbocycles. The number of nitrogens with one attached hydrogen (secondary N) is 1. The molecule has 7 heteroatoms. The Morgan fingerprint density at radius 1 is 1.23 bits per heavy atom. The number of carbonyl (C=O) groups excluding carboxylic acids is 1. The molecule has 1 aromatic carbocycles. The topological polar surface area (TPSA) is 89.9 Å². The zero-order valence-corrected chi connectivity index (χ0v) is 14.8. The van der Waals surface area contributed by atoms with Crippen molar-refractivity contribution < 1.29 is 24.1 Å². The van der Waals surface area contributed by atoms with Crippen LogP contribution >= 0.6 is 0 Å². The maximum atomic E-state index is 12.7. The zero-order chi connectivity index (χ0) is 18.5. The third kappa shape index (κ3) is 3.88. The number of phenols is 1. The standard InChI is InChI=1S/C19H22N2O5/c1-24-16-8-13(9-17(25-2)18(16)22)19(23)21-15-11-26-10-14(15)7-12-3-5-20-6-4-12/h3-6,8-9,14-15,22H,7,10-11H2,1-2H3,(H,21,23)/t14-,15+/m1/s1. The first-order chi connectivity index (χ1) is 12.6. The summed E-state index contributed by atoms with van der Waals surface area (Å²) in [5.74, 6) is 0.154. The van der Waals surface area contributed by atoms with Gasteiger partial charge in [-0.3, -0.25) is 9.78 Å². The zero-order valence-electron chi connectivity index (χ0n) is 14.8. The Bertz CT molecular complexity index is 741. The molecule has 1 aliphatic rings. The SMILES string of the molecule is COc1cc(C(=O)N[C@H]2COC[C@H]2Cc2ccncc2)cc(OC)c1O. The predicted octanol–water partition coefficient (Wildman–Crippen LogP) is 1.79. The Labute approximate surface area is 151 Å². The quantitative estimate of drug-likeness (QED) is 0.818. The molecule has 2 heterocycles. The summed E-state index contributed by atoms with van der Waals surface area (Å²) in [5.41, 5.74) is 1.51. The van der Waals surface area contributed by atoms with E-state index in [-0.39, 0.29) is 35.1 Å². The lowest BCUT2D eigenvalue weighted by Gasteiger charge is -2.19. The van der Waals surface area contributed by atoms with Crippen molar-refractivity contribution in [3.8, 4) is 17.2 Å². The summed E-state index contributed by atoms with van der Waals surface area (Å²) in [7, 11) is 2.84. The van der Waals surface area contributed by atoms with E-state index in [4.69, 9.17) is 14.2 Å². The number of ether oxygens (including phenoxy) is 3. The molecule has 1 fully saturated rings. The highest BCUT2D eigenvalue weighted by atomic mass is 16.5. The second-order valence-corrected chi connectivity index (χ2v) is 6.17. The summed E-state index contributed by atoms with van der Waals surface area (Å²) in [6, 6.07) is 6.81. The summed E-state index contributed by atoms with van der Waals surface area (Å²) < 4.78 is 15.8. The minimum absolute atomic E-state index is 0.0959. The van der Waals surface area contributed by atoms with E-state index >= 15 is 0 Å². The number of aromatic hydroxyl groups is 1. The lowest BCUT2D eigenvalue weighted by Crippen LogP contribution is -2.40. The molecule has 2 aromatic rings. The smallest absolute Gasteiger partial charge is 0.251 e. The first-order valence-electron chi connectivity index (χ1n) is 8.35. The average Bonchev–Trinajstić information content (AvgIpc) is 3.09. The third-order valence-electron chi connectivity index (χ3n) is 4.50. The normalized spacial score (nSPS) is 19.2. The molecule has 0 spiro atoms. The van der Waals surface area contributed by atoms with Gasteiger partial charge in [0.25, 0.3) is 5.91 Å². The number of hydrogen-bond donors (Lipinski definition) is 2. The Balaban J connectivity index is 1.72. The lowest BCUT2D eigenvalue weighted by atomic mass is 9.95. The number of phenolic OH excluding ortho intramolecular Hbond substituents is 1. The number of amides is 1. The van der Waals surface area contributed by atoms with Gasteiger partial charge < -0.3 is 24.6 Å². The van der Waals surface area contributed by atoms with E-state index in [1.807, 2.05) is 12.1 Å². The van der Waals surface area contributed by atoms with Gasteiger partial charge in [0.05, 0.1) is 33.5 Å². The molecule has 1 aromatic heterocycles. The minimum atomic E-state index is -0.267. The van der Waals surface area contributed by atoms with Gasteiger partial charge in [0.15, 0.2) is 11.5 Å². The van der Waals surface area contributed by atoms with Gasteiger partial charge in [-0.15, -0.1) is 0 Å². The van der Waals surface area contributed by atoms with Crippen LogP contribution in [0.5, 0.6) is 17.2 Å². The number of methoxy groups -OCH3 is 2. The fourth-order valence-electron chi connectivity index (χ4n) is 3.06. The van der Waals surface area contributed by atoms with E-state index in [0.717, 1.165) is 12.0 Å². The van der Waals surface area contributed by atoms with Crippen LogP contribution in [-0.2, 0) is 11.2 Å². The molecular formula is C19H22N2O5. The van der Waals surface area contributed by atoms with Gasteiger partial charge in [-0.2, -0.15) is 0 Å². The molecular weight excluding hydrogens is 336 g/mol. The van der Waals surface area contributed by atoms with Crippen molar-refractivity contribution in [2.24, 2.45) is 5.92 Å². The van der Waals surface area contributed by atoms with Crippen molar-refractivity contribution >= 4 is 5.91 Å². The Morgan fingerprint density at radius 2 is 1.88 bits per heavy atom. The van der Waals surface area contributed by atoms with E-state index in [2.05, 4.69) is 10.3 Å². The molecule has 1 amide bonds. The molecule has 26 heavy (non-hydrogen) atoms. The lowest BCUT2D eigenvalue weighted by molar-refractivity contribution is 0.0924. The molecule has 1 aliphatic heterocycles. The van der Waals surface area contributed by atoms with Gasteiger partial charge in [0.1, 0.15) is 0 Å². The summed E-state index contributed by atoms with van der Waals surface area (Å²) in [6.45, 7) is 1.06. The predicted molar refractivity (Wildman–Crippen MR) is 94.7 cm³/mol. The molecule has 0 unspecified atom stereocenters. The Morgan fingerprint density at radius 3 is 2.50 bits per heavy atom. The van der Waals surface area contributed by atoms with Crippen molar-refractivity contribution in [1.29, 1.82) is 0 Å². The van der Waals surface area contributed by atoms with E-state index in [1.54, 1.807) is 12.4 Å². The maximum absolute atomic E-state index is 12.7. The van der Waals surface area contributed by atoms with Crippen LogP contribution in [0.1, 0.15) is 15.9 Å². The van der Waals surface area contributed by atoms with E-state index in [0.29, 0.717) is 18.8 Å². The van der Waals surface area contributed by atoms with E-state index < -0.39 is 0 Å². The van der Waals surface area contributed by atoms with Crippen LogP contribution in [-0.4, -0.2) is 49.5 Å². The Kier molecular flexibility index (Phi) is 5.58. The van der Waals surface area contributed by atoms with E-state index in [9.17, 15) is 9.90 Å². The first-order valence-corrected chi connectivity index (χ1v) is 8.35. The van der Waals surface area contributed by atoms with Gasteiger partial charge in [-0.05, 0) is 36.2 Å². The average molecular weight is 358 g/mol. The van der Waals surface area contributed by atoms with Gasteiger partial charge in [-0.25, -0.2) is 0 Å². The number of rotatable bonds is 6. The number of aromatic nitrogens is 1. The van der Waals surface area contributed by atoms with Gasteiger partial charge in [-0.1, -0.05) is 0 Å². The fraction of sp³-hybridized carbons (Fsp3) is 0.368. The van der Waals surface area contributed by atoms with E-state index in [1.165, 1.54) is 26.4 Å². The second kappa shape index (κ2) is 8.05. The van der Waals surface area contributed by atoms with Crippen molar-refractivity contribution in [2.45, 2.75) is 12.5 Å². The monoisotopic (exact) mass is 358 g/mol. The van der Waals surface area contributed by atoms with Gasteiger partial charge >= 0.3 is 0 Å². The van der Waals surface area contributed by atoms with Crippen molar-refractivity contribution in [3.05, 3.63) is 47.8 Å². The molecule has 2 atom stereocenters. The van der Waals surface area contributed by atoms with Crippen LogP contribution in [0.3, 0.4) is 0 Å². The number of pyridine rings is 1. The van der Waals surface area contributed by atoms with Crippen molar-refractivity contribution in [3.63, 3.8) is 0 Å². The summed E-state index contributed by atoms with van der Waals surface area (Å²) >= 11 is 0. The van der Waals surface area contributed by atoms with Crippen LogP contribution in [0.15, 0.2) is 36.7 Å². The van der Waals surface area contributed by atoms with Crippen molar-refractivity contribution in [1.82, 2.24) is 10.3 Å². The number of carbonyl (C=O) groups is 1. The van der Waals surface area contributed by atoms with Gasteiger partial charge in [0, 0.05) is 23.9 Å². The molecule has 0 radical (unpaired) electrons. The highest BCUT2D eigenvalue weighted by molar-refractivity contribution is 5.95.